The van der Waals surface area contributed by atoms with Gasteiger partial charge in [0.05, 0.1) is 18.2 Å². The summed E-state index contributed by atoms with van der Waals surface area (Å²) < 4.78 is 10.9. The van der Waals surface area contributed by atoms with Crippen molar-refractivity contribution in [1.82, 2.24) is 10.2 Å². The topological polar surface area (TPSA) is 71.0 Å². The maximum atomic E-state index is 12.3. The summed E-state index contributed by atoms with van der Waals surface area (Å²) in [4.78, 5) is 13.9. The van der Waals surface area contributed by atoms with Gasteiger partial charge in [0.2, 0.25) is 0 Å². The molecule has 0 spiro atoms. The van der Waals surface area contributed by atoms with Crippen LogP contribution in [0.2, 0.25) is 0 Å². The number of carbonyl (C=O) groups excluding carboxylic acids is 1. The molecule has 0 radical (unpaired) electrons. The average molecular weight is 348 g/mol. The average Bonchev–Trinajstić information content (AvgIpc) is 3.04. The molecule has 6 nitrogen and oxygen atoms in total. The van der Waals surface area contributed by atoms with Gasteiger partial charge in [0.25, 0.3) is 0 Å². The van der Waals surface area contributed by atoms with Gasteiger partial charge in [-0.1, -0.05) is 30.3 Å². The van der Waals surface area contributed by atoms with Gasteiger partial charge in [-0.2, -0.15) is 0 Å². The molecule has 2 fully saturated rings. The Labute approximate surface area is 149 Å². The molecule has 2 N–H and O–H groups in total. The van der Waals surface area contributed by atoms with Crippen molar-refractivity contribution in [1.29, 1.82) is 0 Å². The molecule has 1 unspecified atom stereocenters. The van der Waals surface area contributed by atoms with Crippen LogP contribution < -0.4 is 5.32 Å². The summed E-state index contributed by atoms with van der Waals surface area (Å²) in [6.07, 6.45) is 2.22. The number of aliphatic hydroxyl groups is 1. The first kappa shape index (κ1) is 18.2. The molecular weight excluding hydrogens is 320 g/mol. The number of ether oxygens (including phenoxy) is 2. The fourth-order valence-corrected chi connectivity index (χ4v) is 3.54. The third-order valence-electron chi connectivity index (χ3n) is 5.09. The lowest BCUT2D eigenvalue weighted by Gasteiger charge is -2.39. The number of hydrogen-bond acceptors (Lipinski definition) is 5. The molecule has 0 bridgehead atoms. The summed E-state index contributed by atoms with van der Waals surface area (Å²) in [6, 6.07) is 9.89. The molecule has 1 aromatic rings. The van der Waals surface area contributed by atoms with Crippen LogP contribution >= 0.6 is 0 Å². The molecular formula is C19H28N2O4. The van der Waals surface area contributed by atoms with E-state index in [0.717, 1.165) is 25.0 Å². The van der Waals surface area contributed by atoms with Gasteiger partial charge in [0, 0.05) is 25.7 Å². The Kier molecular flexibility index (Phi) is 5.93. The quantitative estimate of drug-likeness (QED) is 0.851. The summed E-state index contributed by atoms with van der Waals surface area (Å²) in [5, 5.41) is 14.3. The summed E-state index contributed by atoms with van der Waals surface area (Å²) >= 11 is 0. The highest BCUT2D eigenvalue weighted by molar-refractivity contribution is 5.68. The number of likely N-dealkylation sites (tertiary alicyclic amines) is 1. The number of benzene rings is 1. The Morgan fingerprint density at radius 1 is 1.44 bits per heavy atom. The van der Waals surface area contributed by atoms with E-state index in [2.05, 4.69) is 5.32 Å². The van der Waals surface area contributed by atoms with Crippen molar-refractivity contribution in [3.05, 3.63) is 35.9 Å². The van der Waals surface area contributed by atoms with Gasteiger partial charge in [-0.3, -0.25) is 0 Å². The molecule has 1 amide bonds. The van der Waals surface area contributed by atoms with E-state index in [-0.39, 0.29) is 24.8 Å². The maximum absolute atomic E-state index is 12.3. The van der Waals surface area contributed by atoms with E-state index in [4.69, 9.17) is 9.47 Å². The third kappa shape index (κ3) is 4.93. The Balaban J connectivity index is 1.48. The van der Waals surface area contributed by atoms with Crippen molar-refractivity contribution < 1.29 is 19.4 Å². The second-order valence-corrected chi connectivity index (χ2v) is 7.14. The van der Waals surface area contributed by atoms with Crippen molar-refractivity contribution in [2.24, 2.45) is 0 Å². The lowest BCUT2D eigenvalue weighted by atomic mass is 9.92. The predicted molar refractivity (Wildman–Crippen MR) is 94.2 cm³/mol. The van der Waals surface area contributed by atoms with Crippen molar-refractivity contribution in [3.8, 4) is 0 Å². The third-order valence-corrected chi connectivity index (χ3v) is 5.09. The van der Waals surface area contributed by atoms with Gasteiger partial charge in [-0.25, -0.2) is 4.79 Å². The van der Waals surface area contributed by atoms with Crippen LogP contribution in [0, 0.1) is 0 Å². The van der Waals surface area contributed by atoms with Gasteiger partial charge >= 0.3 is 6.09 Å². The van der Waals surface area contributed by atoms with Crippen LogP contribution in [-0.4, -0.2) is 60.1 Å². The fourth-order valence-electron chi connectivity index (χ4n) is 3.54. The highest BCUT2D eigenvalue weighted by Crippen LogP contribution is 2.23. The largest absolute Gasteiger partial charge is 0.445 e. The second-order valence-electron chi connectivity index (χ2n) is 7.14. The van der Waals surface area contributed by atoms with Gasteiger partial charge in [-0.15, -0.1) is 0 Å². The van der Waals surface area contributed by atoms with E-state index in [0.29, 0.717) is 26.1 Å². The number of hydrogen-bond donors (Lipinski definition) is 2. The molecule has 2 aliphatic heterocycles. The molecule has 2 heterocycles. The molecule has 0 saturated carbocycles. The zero-order chi connectivity index (χ0) is 17.7. The van der Waals surface area contributed by atoms with E-state index in [9.17, 15) is 9.90 Å². The van der Waals surface area contributed by atoms with E-state index < -0.39 is 5.60 Å². The monoisotopic (exact) mass is 348 g/mol. The van der Waals surface area contributed by atoms with Crippen LogP contribution in [0.25, 0.3) is 0 Å². The molecule has 25 heavy (non-hydrogen) atoms. The second kappa shape index (κ2) is 8.17. The highest BCUT2D eigenvalue weighted by atomic mass is 16.6. The first-order valence-corrected chi connectivity index (χ1v) is 9.09. The summed E-state index contributed by atoms with van der Waals surface area (Å²) in [5.74, 6) is 0. The Bertz CT molecular complexity index is 568. The van der Waals surface area contributed by atoms with E-state index in [1.54, 1.807) is 4.90 Å². The lowest BCUT2D eigenvalue weighted by molar-refractivity contribution is -0.0319. The van der Waals surface area contributed by atoms with E-state index >= 15 is 0 Å². The number of amides is 1. The van der Waals surface area contributed by atoms with Crippen LogP contribution in [0.15, 0.2) is 30.3 Å². The van der Waals surface area contributed by atoms with E-state index in [1.165, 1.54) is 0 Å². The number of carbonyl (C=O) groups is 1. The SMILES string of the molecule is C[C@H]1OCC[C@H]1NCC1(O)CCCN(C(=O)OCc2ccccc2)C1. The number of nitrogens with one attached hydrogen (secondary N) is 1. The summed E-state index contributed by atoms with van der Waals surface area (Å²) in [7, 11) is 0. The van der Waals surface area contributed by atoms with Crippen molar-refractivity contribution in [2.75, 3.05) is 26.2 Å². The molecule has 6 heteroatoms. The van der Waals surface area contributed by atoms with Gasteiger partial charge in [-0.05, 0) is 31.7 Å². The molecule has 3 rings (SSSR count). The molecule has 2 saturated heterocycles. The van der Waals surface area contributed by atoms with Gasteiger partial charge in [0.1, 0.15) is 6.61 Å². The number of nitrogens with zero attached hydrogens (tertiary/aromatic N) is 1. The predicted octanol–water partition coefficient (Wildman–Crippen LogP) is 1.92. The number of β-amino-alcohol motifs (C(OH)–C–C–N with tert-alkyl or cyclic N) is 1. The van der Waals surface area contributed by atoms with Crippen LogP contribution in [0.4, 0.5) is 4.79 Å². The van der Waals surface area contributed by atoms with Crippen LogP contribution in [0.1, 0.15) is 31.7 Å². The zero-order valence-corrected chi connectivity index (χ0v) is 14.8. The van der Waals surface area contributed by atoms with Crippen LogP contribution in [-0.2, 0) is 16.1 Å². The van der Waals surface area contributed by atoms with Crippen LogP contribution in [0.3, 0.4) is 0 Å². The minimum atomic E-state index is -0.910. The molecule has 2 aliphatic rings. The zero-order valence-electron chi connectivity index (χ0n) is 14.8. The molecule has 3 atom stereocenters. The molecule has 1 aromatic carbocycles. The smallest absolute Gasteiger partial charge is 0.410 e. The van der Waals surface area contributed by atoms with Gasteiger partial charge < -0.3 is 24.8 Å². The maximum Gasteiger partial charge on any atom is 0.410 e. The number of piperidine rings is 1. The minimum absolute atomic E-state index is 0.166. The highest BCUT2D eigenvalue weighted by Gasteiger charge is 2.37. The molecule has 0 aliphatic carbocycles. The fraction of sp³-hybridized carbons (Fsp3) is 0.632. The number of rotatable bonds is 5. The first-order chi connectivity index (χ1) is 12.1. The summed E-state index contributed by atoms with van der Waals surface area (Å²) in [6.45, 7) is 4.45. The normalized spacial score (nSPS) is 29.6. The lowest BCUT2D eigenvalue weighted by Crippen LogP contribution is -2.56. The Hall–Kier alpha value is -1.63. The minimum Gasteiger partial charge on any atom is -0.445 e. The van der Waals surface area contributed by atoms with E-state index in [1.807, 2.05) is 37.3 Å². The Morgan fingerprint density at radius 3 is 2.96 bits per heavy atom. The summed E-state index contributed by atoms with van der Waals surface area (Å²) in [5.41, 5.74) is 0.0480. The first-order valence-electron chi connectivity index (χ1n) is 9.09. The van der Waals surface area contributed by atoms with Gasteiger partial charge in [0.15, 0.2) is 0 Å². The van der Waals surface area contributed by atoms with Crippen molar-refractivity contribution in [3.63, 3.8) is 0 Å². The van der Waals surface area contributed by atoms with Crippen molar-refractivity contribution >= 4 is 6.09 Å². The molecule has 0 aromatic heterocycles. The Morgan fingerprint density at radius 2 is 2.24 bits per heavy atom. The standard InChI is InChI=1S/C19H28N2O4/c1-15-17(8-11-24-15)20-13-19(23)9-5-10-21(14-19)18(22)25-12-16-6-3-2-4-7-16/h2-4,6-7,15,17,20,23H,5,8-14H2,1H3/t15-,17-,19?/m1/s1. The van der Waals surface area contributed by atoms with Crippen molar-refractivity contribution in [2.45, 2.75) is 50.5 Å². The van der Waals surface area contributed by atoms with Crippen LogP contribution in [0.5, 0.6) is 0 Å². The molecule has 138 valence electrons.